The summed E-state index contributed by atoms with van der Waals surface area (Å²) < 4.78 is 39.7. The zero-order valence-electron chi connectivity index (χ0n) is 25.3. The van der Waals surface area contributed by atoms with Crippen LogP contribution in [-0.2, 0) is 22.9 Å². The largest absolute Gasteiger partial charge is 0.481 e. The van der Waals surface area contributed by atoms with Crippen LogP contribution >= 0.6 is 0 Å². The molecule has 1 atom stereocenters. The van der Waals surface area contributed by atoms with Crippen molar-refractivity contribution in [3.8, 4) is 11.1 Å². The monoisotopic (exact) mass is 567 g/mol. The van der Waals surface area contributed by atoms with E-state index in [1.807, 2.05) is 32.0 Å². The van der Waals surface area contributed by atoms with Crippen molar-refractivity contribution in [3.05, 3.63) is 89.0 Å². The Labute approximate surface area is 243 Å². The van der Waals surface area contributed by atoms with E-state index >= 15 is 0 Å². The number of hydrogen-bond donors (Lipinski definition) is 1. The molecule has 0 heterocycles. The Morgan fingerprint density at radius 2 is 1.39 bits per heavy atom. The van der Waals surface area contributed by atoms with Gasteiger partial charge in [-0.25, -0.2) is 0 Å². The number of halogens is 3. The molecule has 0 aliphatic rings. The summed E-state index contributed by atoms with van der Waals surface area (Å²) in [4.78, 5) is 14.7. The molecule has 3 nitrogen and oxygen atoms in total. The highest BCUT2D eigenvalue weighted by molar-refractivity contribution is 5.79. The van der Waals surface area contributed by atoms with Crippen LogP contribution < -0.4 is 4.90 Å². The van der Waals surface area contributed by atoms with Gasteiger partial charge in [-0.3, -0.25) is 4.79 Å². The number of aliphatic carboxylic acids is 1. The lowest BCUT2D eigenvalue weighted by molar-refractivity contribution is -0.139. The summed E-state index contributed by atoms with van der Waals surface area (Å²) in [5, 5.41) is 10.2. The van der Waals surface area contributed by atoms with Crippen LogP contribution in [-0.4, -0.2) is 17.6 Å². The molecule has 0 aliphatic heterocycles. The number of alkyl halides is 3. The van der Waals surface area contributed by atoms with Gasteiger partial charge in [-0.2, -0.15) is 13.2 Å². The Morgan fingerprint density at radius 3 is 1.88 bits per heavy atom. The predicted octanol–water partition coefficient (Wildman–Crippen LogP) is 9.94. The molecule has 3 aromatic rings. The second-order valence-corrected chi connectivity index (χ2v) is 13.0. The SMILES string of the molecule is CC(C)CCN(Cc1ccc(C(C)(C)C)cc1)c1cc(-c2ccc(C(F)(F)F)cc2)cc(C(CC(C)C)C(=O)O)c1. The van der Waals surface area contributed by atoms with E-state index in [4.69, 9.17) is 0 Å². The number of carboxylic acid groups (broad SMARTS) is 1. The second-order valence-electron chi connectivity index (χ2n) is 13.0. The number of carbonyl (C=O) groups is 1. The molecule has 0 aliphatic carbocycles. The van der Waals surface area contributed by atoms with E-state index in [-0.39, 0.29) is 11.3 Å². The van der Waals surface area contributed by atoms with Gasteiger partial charge in [-0.15, -0.1) is 0 Å². The summed E-state index contributed by atoms with van der Waals surface area (Å²) in [7, 11) is 0. The van der Waals surface area contributed by atoms with E-state index in [1.165, 1.54) is 17.7 Å². The van der Waals surface area contributed by atoms with Crippen molar-refractivity contribution in [1.82, 2.24) is 0 Å². The van der Waals surface area contributed by atoms with Crippen molar-refractivity contribution < 1.29 is 23.1 Å². The normalized spacial score (nSPS) is 13.1. The van der Waals surface area contributed by atoms with E-state index in [0.717, 1.165) is 36.3 Å². The molecule has 1 N–H and O–H groups in total. The molecule has 0 bridgehead atoms. The zero-order chi connectivity index (χ0) is 30.5. The van der Waals surface area contributed by atoms with Crippen molar-refractivity contribution in [2.24, 2.45) is 11.8 Å². The van der Waals surface area contributed by atoms with Gasteiger partial charge in [0.15, 0.2) is 0 Å². The standard InChI is InChI=1S/C35H44F3NO2/c1-23(2)16-17-39(22-25-8-12-29(13-9-25)34(5,6)7)31-20-27(26-10-14-30(15-11-26)35(36,37)38)19-28(21-31)32(33(40)41)18-24(3)4/h8-15,19-21,23-24,32H,16-18,22H2,1-7H3,(H,40,41). The van der Waals surface area contributed by atoms with Crippen LogP contribution in [0.5, 0.6) is 0 Å². The fourth-order valence-electron chi connectivity index (χ4n) is 4.93. The quantitative estimate of drug-likeness (QED) is 0.251. The van der Waals surface area contributed by atoms with Crippen LogP contribution in [0.1, 0.15) is 89.5 Å². The lowest BCUT2D eigenvalue weighted by atomic mass is 9.86. The minimum absolute atomic E-state index is 0.0447. The van der Waals surface area contributed by atoms with Gasteiger partial charge >= 0.3 is 12.1 Å². The highest BCUT2D eigenvalue weighted by Crippen LogP contribution is 2.36. The number of benzene rings is 3. The summed E-state index contributed by atoms with van der Waals surface area (Å²) in [5.41, 5.74) is 4.58. The summed E-state index contributed by atoms with van der Waals surface area (Å²) >= 11 is 0. The summed E-state index contributed by atoms with van der Waals surface area (Å²) in [6, 6.07) is 19.4. The Bertz CT molecular complexity index is 1290. The minimum Gasteiger partial charge on any atom is -0.481 e. The topological polar surface area (TPSA) is 40.5 Å². The maximum atomic E-state index is 13.2. The van der Waals surface area contributed by atoms with Gasteiger partial charge < -0.3 is 10.0 Å². The van der Waals surface area contributed by atoms with Gasteiger partial charge in [0, 0.05) is 18.8 Å². The lowest BCUT2D eigenvalue weighted by Gasteiger charge is -2.28. The summed E-state index contributed by atoms with van der Waals surface area (Å²) in [6.07, 6.45) is -3.02. The fourth-order valence-corrected chi connectivity index (χ4v) is 4.93. The Kier molecular flexibility index (Phi) is 10.3. The van der Waals surface area contributed by atoms with Crippen molar-refractivity contribution in [1.29, 1.82) is 0 Å². The number of carboxylic acids is 1. The Hall–Kier alpha value is -3.28. The number of rotatable bonds is 11. The molecule has 0 radical (unpaired) electrons. The van der Waals surface area contributed by atoms with E-state index < -0.39 is 23.6 Å². The average Bonchev–Trinajstić information content (AvgIpc) is 2.88. The van der Waals surface area contributed by atoms with Crippen LogP contribution in [0.25, 0.3) is 11.1 Å². The van der Waals surface area contributed by atoms with E-state index in [1.54, 1.807) is 0 Å². The molecule has 0 saturated carbocycles. The van der Waals surface area contributed by atoms with Gasteiger partial charge in [0.2, 0.25) is 0 Å². The number of anilines is 1. The van der Waals surface area contributed by atoms with E-state index in [9.17, 15) is 23.1 Å². The van der Waals surface area contributed by atoms with Crippen molar-refractivity contribution in [3.63, 3.8) is 0 Å². The fraction of sp³-hybridized carbons (Fsp3) is 0.457. The van der Waals surface area contributed by atoms with Gasteiger partial charge in [-0.05, 0) is 82.2 Å². The molecule has 222 valence electrons. The third kappa shape index (κ3) is 9.11. The molecular formula is C35H44F3NO2. The van der Waals surface area contributed by atoms with Crippen LogP contribution in [0.3, 0.4) is 0 Å². The molecule has 6 heteroatoms. The zero-order valence-corrected chi connectivity index (χ0v) is 25.3. The van der Waals surface area contributed by atoms with Gasteiger partial charge in [0.1, 0.15) is 0 Å². The molecule has 3 aromatic carbocycles. The highest BCUT2D eigenvalue weighted by atomic mass is 19.4. The third-order valence-electron chi connectivity index (χ3n) is 7.43. The molecule has 0 saturated heterocycles. The summed E-state index contributed by atoms with van der Waals surface area (Å²) in [6.45, 7) is 16.3. The first-order valence-corrected chi connectivity index (χ1v) is 14.4. The third-order valence-corrected chi connectivity index (χ3v) is 7.43. The molecular weight excluding hydrogens is 523 g/mol. The van der Waals surface area contributed by atoms with Crippen molar-refractivity contribution in [2.75, 3.05) is 11.4 Å². The lowest BCUT2D eigenvalue weighted by Crippen LogP contribution is -2.25. The van der Waals surface area contributed by atoms with Gasteiger partial charge in [-0.1, -0.05) is 90.9 Å². The van der Waals surface area contributed by atoms with Crippen LogP contribution in [0.15, 0.2) is 66.7 Å². The van der Waals surface area contributed by atoms with Gasteiger partial charge in [0.25, 0.3) is 0 Å². The Morgan fingerprint density at radius 1 is 0.805 bits per heavy atom. The van der Waals surface area contributed by atoms with Crippen LogP contribution in [0.2, 0.25) is 0 Å². The smallest absolute Gasteiger partial charge is 0.416 e. The molecule has 3 rings (SSSR count). The molecule has 1 unspecified atom stereocenters. The highest BCUT2D eigenvalue weighted by Gasteiger charge is 2.30. The first-order valence-electron chi connectivity index (χ1n) is 14.4. The Balaban J connectivity index is 2.13. The van der Waals surface area contributed by atoms with Crippen molar-refractivity contribution >= 4 is 11.7 Å². The maximum absolute atomic E-state index is 13.2. The molecule has 0 aromatic heterocycles. The van der Waals surface area contributed by atoms with Gasteiger partial charge in [0.05, 0.1) is 11.5 Å². The predicted molar refractivity (Wildman–Crippen MR) is 162 cm³/mol. The first-order chi connectivity index (χ1) is 19.0. The molecule has 0 fully saturated rings. The molecule has 0 spiro atoms. The second kappa shape index (κ2) is 13.1. The maximum Gasteiger partial charge on any atom is 0.416 e. The average molecular weight is 568 g/mol. The molecule has 0 amide bonds. The molecule has 41 heavy (non-hydrogen) atoms. The summed E-state index contributed by atoms with van der Waals surface area (Å²) in [5.74, 6) is -0.999. The van der Waals surface area contributed by atoms with Crippen molar-refractivity contribution in [2.45, 2.75) is 85.4 Å². The van der Waals surface area contributed by atoms with Crippen LogP contribution in [0.4, 0.5) is 18.9 Å². The number of nitrogens with zero attached hydrogens (tertiary/aromatic N) is 1. The van der Waals surface area contributed by atoms with Crippen LogP contribution in [0, 0.1) is 11.8 Å². The van der Waals surface area contributed by atoms with E-state index in [2.05, 4.69) is 63.8 Å². The number of hydrogen-bond acceptors (Lipinski definition) is 2. The first kappa shape index (κ1) is 32.2. The minimum atomic E-state index is -4.42. The van der Waals surface area contributed by atoms with E-state index in [0.29, 0.717) is 35.6 Å².